The molecular weight excluding hydrogens is 629 g/mol. The number of hydrogen-bond donors (Lipinski definition) is 0. The van der Waals surface area contributed by atoms with E-state index < -0.39 is 0 Å². The second kappa shape index (κ2) is 15.7. The van der Waals surface area contributed by atoms with Crippen molar-refractivity contribution < 1.29 is 0 Å². The van der Waals surface area contributed by atoms with E-state index >= 15 is 0 Å². The molecule has 0 atom stereocenters. The molecule has 2 nitrogen and oxygen atoms in total. The van der Waals surface area contributed by atoms with E-state index in [9.17, 15) is 0 Å². The Hall–Kier alpha value is -6.38. The van der Waals surface area contributed by atoms with Gasteiger partial charge in [0.1, 0.15) is 0 Å². The number of para-hydroxylation sites is 2. The van der Waals surface area contributed by atoms with Crippen LogP contribution in [0.2, 0.25) is 0 Å². The van der Waals surface area contributed by atoms with Gasteiger partial charge in [-0.2, -0.15) is 0 Å². The zero-order valence-corrected chi connectivity index (χ0v) is 30.4. The highest BCUT2D eigenvalue weighted by molar-refractivity contribution is 5.82. The van der Waals surface area contributed by atoms with Gasteiger partial charge in [0.25, 0.3) is 0 Å². The fourth-order valence-corrected chi connectivity index (χ4v) is 6.69. The molecule has 0 unspecified atom stereocenters. The van der Waals surface area contributed by atoms with E-state index in [1.54, 1.807) is 0 Å². The fraction of sp³-hybridized carbons (Fsp3) is 0.0800. The van der Waals surface area contributed by atoms with Gasteiger partial charge >= 0.3 is 0 Å². The third-order valence-corrected chi connectivity index (χ3v) is 9.39. The largest absolute Gasteiger partial charge is 0.310 e. The fourth-order valence-electron chi connectivity index (χ4n) is 6.69. The minimum absolute atomic E-state index is 1.14. The van der Waals surface area contributed by atoms with Crippen LogP contribution >= 0.6 is 0 Å². The maximum Gasteiger partial charge on any atom is 0.0464 e. The van der Waals surface area contributed by atoms with E-state index in [-0.39, 0.29) is 0 Å². The van der Waals surface area contributed by atoms with Crippen molar-refractivity contribution in [3.05, 3.63) is 214 Å². The second-order valence-electron chi connectivity index (χ2n) is 13.4. The number of aryl methyl sites for hydroxylation is 4. The molecule has 2 heteroatoms. The van der Waals surface area contributed by atoms with Gasteiger partial charge in [-0.25, -0.2) is 0 Å². The van der Waals surface area contributed by atoms with Gasteiger partial charge in [-0.1, -0.05) is 115 Å². The Bertz CT molecular complexity index is 2190. The van der Waals surface area contributed by atoms with Gasteiger partial charge in [-0.3, -0.25) is 0 Å². The lowest BCUT2D eigenvalue weighted by molar-refractivity contribution is 1.26. The predicted octanol–water partition coefficient (Wildman–Crippen LogP) is 14.2. The lowest BCUT2D eigenvalue weighted by Crippen LogP contribution is -2.10. The first-order chi connectivity index (χ1) is 25.4. The summed E-state index contributed by atoms with van der Waals surface area (Å²) in [7, 11) is 0. The van der Waals surface area contributed by atoms with Gasteiger partial charge < -0.3 is 9.80 Å². The zero-order valence-electron chi connectivity index (χ0n) is 30.4. The quantitative estimate of drug-likeness (QED) is 0.133. The van der Waals surface area contributed by atoms with E-state index in [0.717, 1.165) is 34.1 Å². The van der Waals surface area contributed by atoms with Crippen molar-refractivity contribution >= 4 is 58.4 Å². The molecular formula is C50H44N2. The van der Waals surface area contributed by atoms with E-state index in [1.165, 1.54) is 44.5 Å². The zero-order chi connectivity index (χ0) is 35.9. The summed E-state index contributed by atoms with van der Waals surface area (Å²) in [6, 6.07) is 60.6. The molecule has 0 aromatic heterocycles. The summed E-state index contributed by atoms with van der Waals surface area (Å²) in [4.78, 5) is 4.64. The van der Waals surface area contributed by atoms with Crippen LogP contribution in [0.4, 0.5) is 34.1 Å². The van der Waals surface area contributed by atoms with Gasteiger partial charge in [0.05, 0.1) is 0 Å². The Morgan fingerprint density at radius 2 is 0.692 bits per heavy atom. The number of benzene rings is 7. The van der Waals surface area contributed by atoms with Crippen molar-refractivity contribution in [2.45, 2.75) is 27.7 Å². The van der Waals surface area contributed by atoms with Gasteiger partial charge in [0, 0.05) is 34.1 Å². The van der Waals surface area contributed by atoms with Crippen LogP contribution in [0.5, 0.6) is 0 Å². The molecule has 0 N–H and O–H groups in total. The number of hydrogen-bond acceptors (Lipinski definition) is 2. The van der Waals surface area contributed by atoms with E-state index in [1.807, 2.05) is 0 Å². The number of nitrogens with zero attached hydrogens (tertiary/aromatic N) is 2. The molecule has 0 heterocycles. The average molecular weight is 673 g/mol. The minimum atomic E-state index is 1.14. The van der Waals surface area contributed by atoms with Crippen LogP contribution in [-0.2, 0) is 0 Å². The summed E-state index contributed by atoms with van der Waals surface area (Å²) < 4.78 is 0. The van der Waals surface area contributed by atoms with Crippen LogP contribution in [0, 0.1) is 27.7 Å². The minimum Gasteiger partial charge on any atom is -0.310 e. The molecule has 0 aliphatic carbocycles. The maximum absolute atomic E-state index is 2.32. The Balaban J connectivity index is 1.09. The molecule has 7 aromatic rings. The van der Waals surface area contributed by atoms with Crippen molar-refractivity contribution in [3.63, 3.8) is 0 Å². The SMILES string of the molecule is Cc1cccc(N(c2ccccc2)c2ccc(C=Cc3cccc(/C=C\c4ccc(N(c5ccccc5)c5cccc(C)c5)cc4C)c3)c(C)c2)c1. The van der Waals surface area contributed by atoms with Crippen LogP contribution in [-0.4, -0.2) is 0 Å². The van der Waals surface area contributed by atoms with Crippen molar-refractivity contribution in [1.82, 2.24) is 0 Å². The van der Waals surface area contributed by atoms with Crippen LogP contribution in [0.3, 0.4) is 0 Å². The molecule has 0 saturated heterocycles. The third kappa shape index (κ3) is 7.98. The Morgan fingerprint density at radius 3 is 1.10 bits per heavy atom. The highest BCUT2D eigenvalue weighted by Crippen LogP contribution is 2.37. The van der Waals surface area contributed by atoms with Crippen molar-refractivity contribution in [1.29, 1.82) is 0 Å². The lowest BCUT2D eigenvalue weighted by Gasteiger charge is -2.26. The molecule has 0 aliphatic rings. The molecule has 7 aromatic carbocycles. The molecule has 7 rings (SSSR count). The first kappa shape index (κ1) is 34.1. The standard InChI is InChI=1S/C50H44N2/c1-37-14-11-22-47(32-37)51(45-18-7-5-8-19-45)49-30-28-43(39(3)34-49)26-24-41-16-13-17-42(36-41)25-27-44-29-31-50(35-40(44)4)52(46-20-9-6-10-21-46)48-23-12-15-38(2)33-48/h5-36H,1-4H3/b26-24-,27-25?. The summed E-state index contributed by atoms with van der Waals surface area (Å²) in [5.41, 5.74) is 16.5. The van der Waals surface area contributed by atoms with Crippen molar-refractivity contribution in [2.24, 2.45) is 0 Å². The van der Waals surface area contributed by atoms with Crippen LogP contribution in [0.25, 0.3) is 24.3 Å². The van der Waals surface area contributed by atoms with Gasteiger partial charge in [0.15, 0.2) is 0 Å². The summed E-state index contributed by atoms with van der Waals surface area (Å²) in [6.07, 6.45) is 8.85. The monoisotopic (exact) mass is 672 g/mol. The van der Waals surface area contributed by atoms with E-state index in [2.05, 4.69) is 232 Å². The summed E-state index contributed by atoms with van der Waals surface area (Å²) in [6.45, 7) is 8.66. The molecule has 0 saturated carbocycles. The normalized spacial score (nSPS) is 11.3. The van der Waals surface area contributed by atoms with Gasteiger partial charge in [0.2, 0.25) is 0 Å². The van der Waals surface area contributed by atoms with Gasteiger partial charge in [-0.15, -0.1) is 0 Å². The average Bonchev–Trinajstić information content (AvgIpc) is 3.16. The molecule has 0 aliphatic heterocycles. The lowest BCUT2D eigenvalue weighted by atomic mass is 10.0. The Morgan fingerprint density at radius 1 is 0.308 bits per heavy atom. The smallest absolute Gasteiger partial charge is 0.0464 e. The van der Waals surface area contributed by atoms with E-state index in [4.69, 9.17) is 0 Å². The maximum atomic E-state index is 2.32. The molecule has 52 heavy (non-hydrogen) atoms. The summed E-state index contributed by atoms with van der Waals surface area (Å²) in [5, 5.41) is 0. The molecule has 254 valence electrons. The highest BCUT2D eigenvalue weighted by atomic mass is 15.1. The van der Waals surface area contributed by atoms with Crippen LogP contribution < -0.4 is 9.80 Å². The molecule has 0 bridgehead atoms. The van der Waals surface area contributed by atoms with Crippen molar-refractivity contribution in [2.75, 3.05) is 9.80 Å². The Kier molecular flexibility index (Phi) is 10.3. The second-order valence-corrected chi connectivity index (χ2v) is 13.4. The molecule has 0 fully saturated rings. The Labute approximate surface area is 309 Å². The first-order valence-corrected chi connectivity index (χ1v) is 17.9. The topological polar surface area (TPSA) is 6.48 Å². The number of anilines is 6. The first-order valence-electron chi connectivity index (χ1n) is 17.9. The predicted molar refractivity (Wildman–Crippen MR) is 225 cm³/mol. The highest BCUT2D eigenvalue weighted by Gasteiger charge is 2.14. The van der Waals surface area contributed by atoms with E-state index in [0.29, 0.717) is 0 Å². The van der Waals surface area contributed by atoms with Crippen LogP contribution in [0.15, 0.2) is 170 Å². The number of rotatable bonds is 10. The van der Waals surface area contributed by atoms with Crippen LogP contribution in [0.1, 0.15) is 44.5 Å². The molecule has 0 amide bonds. The third-order valence-electron chi connectivity index (χ3n) is 9.39. The summed E-state index contributed by atoms with van der Waals surface area (Å²) in [5.74, 6) is 0. The van der Waals surface area contributed by atoms with Gasteiger partial charge in [-0.05, 0) is 151 Å². The molecule has 0 spiro atoms. The van der Waals surface area contributed by atoms with Crippen molar-refractivity contribution in [3.8, 4) is 0 Å². The molecule has 0 radical (unpaired) electrons. The summed E-state index contributed by atoms with van der Waals surface area (Å²) >= 11 is 0.